The summed E-state index contributed by atoms with van der Waals surface area (Å²) in [7, 11) is 1.61. The van der Waals surface area contributed by atoms with Gasteiger partial charge in [-0.05, 0) is 39.3 Å². The molecule has 0 aliphatic rings. The number of ether oxygens (including phenoxy) is 2. The van der Waals surface area contributed by atoms with Gasteiger partial charge in [0.1, 0.15) is 5.82 Å². The van der Waals surface area contributed by atoms with Gasteiger partial charge in [0.2, 0.25) is 5.91 Å². The van der Waals surface area contributed by atoms with Gasteiger partial charge in [0.25, 0.3) is 5.56 Å². The molecule has 1 unspecified atom stereocenters. The van der Waals surface area contributed by atoms with E-state index in [9.17, 15) is 14.4 Å². The molecule has 1 heterocycles. The molecule has 0 aliphatic carbocycles. The summed E-state index contributed by atoms with van der Waals surface area (Å²) >= 11 is 0. The van der Waals surface area contributed by atoms with Crippen molar-refractivity contribution in [3.05, 3.63) is 40.4 Å². The van der Waals surface area contributed by atoms with Gasteiger partial charge in [-0.1, -0.05) is 12.1 Å². The van der Waals surface area contributed by atoms with Crippen LogP contribution in [0.1, 0.15) is 51.9 Å². The van der Waals surface area contributed by atoms with E-state index in [2.05, 4.69) is 0 Å². The minimum Gasteiger partial charge on any atom is -0.466 e. The number of esters is 1. The number of para-hydroxylation sites is 1. The largest absolute Gasteiger partial charge is 0.466 e. The van der Waals surface area contributed by atoms with Gasteiger partial charge in [0.05, 0.1) is 30.0 Å². The lowest BCUT2D eigenvalue weighted by molar-refractivity contribution is -0.146. The Hall–Kier alpha value is -2.74. The van der Waals surface area contributed by atoms with Crippen LogP contribution in [-0.4, -0.2) is 53.2 Å². The number of rotatable bonds is 11. The second-order valence-corrected chi connectivity index (χ2v) is 6.95. The fourth-order valence-electron chi connectivity index (χ4n) is 3.45. The van der Waals surface area contributed by atoms with Crippen LogP contribution in [0.5, 0.6) is 0 Å². The zero-order valence-corrected chi connectivity index (χ0v) is 18.2. The van der Waals surface area contributed by atoms with Crippen LogP contribution in [-0.2, 0) is 25.6 Å². The summed E-state index contributed by atoms with van der Waals surface area (Å²) < 4.78 is 11.7. The number of methoxy groups -OCH3 is 1. The molecular formula is C22H31N3O5. The summed E-state index contributed by atoms with van der Waals surface area (Å²) in [5, 5.41) is 0.551. The fourth-order valence-corrected chi connectivity index (χ4v) is 3.45. The van der Waals surface area contributed by atoms with Crippen molar-refractivity contribution >= 4 is 22.8 Å². The smallest absolute Gasteiger partial charge is 0.306 e. The van der Waals surface area contributed by atoms with Crippen molar-refractivity contribution in [2.24, 2.45) is 0 Å². The van der Waals surface area contributed by atoms with Gasteiger partial charge < -0.3 is 14.4 Å². The summed E-state index contributed by atoms with van der Waals surface area (Å²) in [6.07, 6.45) is 0.696. The normalized spacial score (nSPS) is 12.0. The Morgan fingerprint density at radius 2 is 1.93 bits per heavy atom. The van der Waals surface area contributed by atoms with E-state index in [0.29, 0.717) is 42.8 Å². The van der Waals surface area contributed by atoms with Crippen molar-refractivity contribution in [3.63, 3.8) is 0 Å². The Morgan fingerprint density at radius 1 is 1.20 bits per heavy atom. The quantitative estimate of drug-likeness (QED) is 0.412. The first-order valence-electron chi connectivity index (χ1n) is 10.4. The molecule has 0 bridgehead atoms. The number of carbonyl (C=O) groups excluding carboxylic acids is 2. The molecule has 30 heavy (non-hydrogen) atoms. The highest BCUT2D eigenvalue weighted by Crippen LogP contribution is 2.22. The first-order valence-corrected chi connectivity index (χ1v) is 10.4. The van der Waals surface area contributed by atoms with Crippen LogP contribution in [0.25, 0.3) is 10.9 Å². The van der Waals surface area contributed by atoms with Crippen LogP contribution >= 0.6 is 0 Å². The van der Waals surface area contributed by atoms with Gasteiger partial charge in [-0.2, -0.15) is 0 Å². The maximum atomic E-state index is 13.0. The van der Waals surface area contributed by atoms with E-state index in [0.717, 1.165) is 0 Å². The molecule has 1 aromatic carbocycles. The first-order chi connectivity index (χ1) is 14.4. The van der Waals surface area contributed by atoms with Gasteiger partial charge >= 0.3 is 5.97 Å². The molecule has 0 saturated heterocycles. The molecule has 8 nitrogen and oxygen atoms in total. The van der Waals surface area contributed by atoms with Crippen LogP contribution in [0.2, 0.25) is 0 Å². The third-order valence-electron chi connectivity index (χ3n) is 4.96. The van der Waals surface area contributed by atoms with Crippen LogP contribution in [0.4, 0.5) is 0 Å². The average molecular weight is 418 g/mol. The maximum absolute atomic E-state index is 13.0. The molecule has 0 radical (unpaired) electrons. The molecule has 8 heteroatoms. The topological polar surface area (TPSA) is 90.7 Å². The molecular weight excluding hydrogens is 386 g/mol. The average Bonchev–Trinajstić information content (AvgIpc) is 2.75. The van der Waals surface area contributed by atoms with Crippen LogP contribution < -0.4 is 5.56 Å². The Bertz CT molecular complexity index is 925. The lowest BCUT2D eigenvalue weighted by Crippen LogP contribution is -2.38. The summed E-state index contributed by atoms with van der Waals surface area (Å²) in [6, 6.07) is 6.76. The minimum absolute atomic E-state index is 0.0197. The van der Waals surface area contributed by atoms with E-state index in [1.54, 1.807) is 35.6 Å². The van der Waals surface area contributed by atoms with E-state index < -0.39 is 12.0 Å². The summed E-state index contributed by atoms with van der Waals surface area (Å²) in [5.74, 6) is -0.0514. The van der Waals surface area contributed by atoms with Crippen molar-refractivity contribution in [3.8, 4) is 0 Å². The Morgan fingerprint density at radius 3 is 2.60 bits per heavy atom. The molecule has 1 aromatic heterocycles. The van der Waals surface area contributed by atoms with Gasteiger partial charge in [0, 0.05) is 33.2 Å². The maximum Gasteiger partial charge on any atom is 0.306 e. The molecule has 164 valence electrons. The van der Waals surface area contributed by atoms with Crippen molar-refractivity contribution in [1.29, 1.82) is 0 Å². The highest BCUT2D eigenvalue weighted by Gasteiger charge is 2.26. The number of aromatic nitrogens is 2. The lowest BCUT2D eigenvalue weighted by atomic mass is 10.1. The summed E-state index contributed by atoms with van der Waals surface area (Å²) in [5.41, 5.74) is 0.477. The molecule has 0 N–H and O–H groups in total. The molecule has 2 rings (SSSR count). The number of hydrogen-bond donors (Lipinski definition) is 0. The van der Waals surface area contributed by atoms with E-state index in [-0.39, 0.29) is 30.9 Å². The Labute approximate surface area is 176 Å². The van der Waals surface area contributed by atoms with Gasteiger partial charge in [-0.15, -0.1) is 0 Å². The highest BCUT2D eigenvalue weighted by atomic mass is 16.5. The zero-order valence-electron chi connectivity index (χ0n) is 18.2. The van der Waals surface area contributed by atoms with Crippen molar-refractivity contribution in [2.75, 3.05) is 26.9 Å². The lowest BCUT2D eigenvalue weighted by Gasteiger charge is -2.30. The second kappa shape index (κ2) is 11.4. The fraction of sp³-hybridized carbons (Fsp3) is 0.545. The van der Waals surface area contributed by atoms with Crippen molar-refractivity contribution < 1.29 is 19.1 Å². The van der Waals surface area contributed by atoms with E-state index in [1.807, 2.05) is 26.0 Å². The van der Waals surface area contributed by atoms with Crippen molar-refractivity contribution in [2.45, 2.75) is 52.6 Å². The predicted octanol–water partition coefficient (Wildman–Crippen LogP) is 2.69. The molecule has 0 aliphatic heterocycles. The number of fused-ring (bicyclic) bond motifs is 1. The van der Waals surface area contributed by atoms with Crippen LogP contribution in [0.15, 0.2) is 29.1 Å². The SMILES string of the molecule is CCOC(=O)CCC(=O)N(CCCOC)C(C)c1nc2ccccc2c(=O)n1CC. The van der Waals surface area contributed by atoms with E-state index in [1.165, 1.54) is 0 Å². The van der Waals surface area contributed by atoms with Crippen LogP contribution in [0.3, 0.4) is 0 Å². The molecule has 0 fully saturated rings. The number of nitrogens with zero attached hydrogens (tertiary/aromatic N) is 3. The zero-order chi connectivity index (χ0) is 22.1. The number of carbonyl (C=O) groups is 2. The second-order valence-electron chi connectivity index (χ2n) is 6.95. The minimum atomic E-state index is -0.436. The molecule has 0 saturated carbocycles. The van der Waals surface area contributed by atoms with E-state index in [4.69, 9.17) is 14.5 Å². The monoisotopic (exact) mass is 417 g/mol. The van der Waals surface area contributed by atoms with Crippen molar-refractivity contribution in [1.82, 2.24) is 14.5 Å². The third-order valence-corrected chi connectivity index (χ3v) is 4.96. The summed E-state index contributed by atoms with van der Waals surface area (Å²) in [6.45, 7) is 7.13. The predicted molar refractivity (Wildman–Crippen MR) is 114 cm³/mol. The van der Waals surface area contributed by atoms with Gasteiger partial charge in [-0.3, -0.25) is 19.0 Å². The Kier molecular flexibility index (Phi) is 8.98. The van der Waals surface area contributed by atoms with Crippen LogP contribution in [0, 0.1) is 0 Å². The first kappa shape index (κ1) is 23.5. The summed E-state index contributed by atoms with van der Waals surface area (Å²) in [4.78, 5) is 44.0. The van der Waals surface area contributed by atoms with E-state index >= 15 is 0 Å². The molecule has 1 amide bonds. The van der Waals surface area contributed by atoms with Gasteiger partial charge in [0.15, 0.2) is 0 Å². The number of hydrogen-bond acceptors (Lipinski definition) is 6. The number of amides is 1. The standard InChI is InChI=1S/C22H31N3O5/c1-5-24-21(23-18-11-8-7-10-17(18)22(24)28)16(3)25(14-9-15-29-4)19(26)12-13-20(27)30-6-2/h7-8,10-11,16H,5-6,9,12-15H2,1-4H3. The molecule has 1 atom stereocenters. The third kappa shape index (κ3) is 5.66. The Balaban J connectivity index is 2.36. The highest BCUT2D eigenvalue weighted by molar-refractivity contribution is 5.82. The molecule has 2 aromatic rings. The molecule has 0 spiro atoms. The number of benzene rings is 1. The van der Waals surface area contributed by atoms with Gasteiger partial charge in [-0.25, -0.2) is 4.98 Å².